The van der Waals surface area contributed by atoms with E-state index in [2.05, 4.69) is 56.1 Å². The second kappa shape index (κ2) is 9.57. The van der Waals surface area contributed by atoms with Gasteiger partial charge in [0.25, 0.3) is 0 Å². The molecule has 0 radical (unpaired) electrons. The van der Waals surface area contributed by atoms with Crippen LogP contribution in [0.5, 0.6) is 5.75 Å². The van der Waals surface area contributed by atoms with Crippen LogP contribution in [0.15, 0.2) is 46.9 Å². The zero-order valence-electron chi connectivity index (χ0n) is 17.6. The standard InChI is InChI=1S/C25H29BrN2O2S/c26-18-6-9-24-23(14-18)22-3-1-2-21(25(22)27-24)17-4-7-20(8-5-17)30-16-19(29)15-28-10-12-31-13-11-28/h4-9,14,19,21,27,29H,1-3,10-13,15-16H2. The number of halogens is 1. The van der Waals surface area contributed by atoms with Crippen LogP contribution in [-0.2, 0) is 6.42 Å². The van der Waals surface area contributed by atoms with Gasteiger partial charge in [-0.05, 0) is 60.7 Å². The molecule has 1 aliphatic heterocycles. The van der Waals surface area contributed by atoms with Gasteiger partial charge >= 0.3 is 0 Å². The van der Waals surface area contributed by atoms with Crippen molar-refractivity contribution in [2.75, 3.05) is 37.7 Å². The minimum Gasteiger partial charge on any atom is -0.491 e. The molecule has 164 valence electrons. The first-order valence-electron chi connectivity index (χ1n) is 11.2. The first-order chi connectivity index (χ1) is 15.2. The van der Waals surface area contributed by atoms with Gasteiger partial charge in [0, 0.05) is 58.1 Å². The number of β-amino-alcohol motifs (C(OH)–C–C–N with tert-alkyl or cyclic N) is 1. The Balaban J connectivity index is 1.25. The SMILES string of the molecule is OC(COc1ccc(C2CCCc3c2[nH]c2ccc(Br)cc32)cc1)CN1CCSCC1. The summed E-state index contributed by atoms with van der Waals surface area (Å²) in [4.78, 5) is 6.02. The Labute approximate surface area is 196 Å². The number of ether oxygens (including phenoxy) is 1. The van der Waals surface area contributed by atoms with Crippen LogP contribution < -0.4 is 4.74 Å². The van der Waals surface area contributed by atoms with Gasteiger partial charge in [-0.15, -0.1) is 0 Å². The number of aryl methyl sites for hydroxylation is 1. The van der Waals surface area contributed by atoms with Crippen molar-refractivity contribution in [3.8, 4) is 5.75 Å². The van der Waals surface area contributed by atoms with Gasteiger partial charge in [-0.1, -0.05) is 28.1 Å². The molecule has 2 N–H and O–H groups in total. The molecule has 6 heteroatoms. The molecule has 0 spiro atoms. The highest BCUT2D eigenvalue weighted by molar-refractivity contribution is 9.10. The average molecular weight is 501 g/mol. The second-order valence-corrected chi connectivity index (χ2v) is 10.7. The van der Waals surface area contributed by atoms with Crippen molar-refractivity contribution >= 4 is 38.6 Å². The van der Waals surface area contributed by atoms with E-state index < -0.39 is 6.10 Å². The van der Waals surface area contributed by atoms with Crippen LogP contribution in [0.1, 0.15) is 35.6 Å². The van der Waals surface area contributed by atoms with Crippen LogP contribution in [0.2, 0.25) is 0 Å². The number of hydrogen-bond donors (Lipinski definition) is 2. The predicted octanol–water partition coefficient (Wildman–Crippen LogP) is 5.19. The van der Waals surface area contributed by atoms with Crippen LogP contribution in [0, 0.1) is 0 Å². The lowest BCUT2D eigenvalue weighted by Gasteiger charge is -2.28. The number of nitrogens with zero attached hydrogens (tertiary/aromatic N) is 1. The molecule has 2 aromatic carbocycles. The second-order valence-electron chi connectivity index (χ2n) is 8.60. The van der Waals surface area contributed by atoms with Crippen molar-refractivity contribution in [1.29, 1.82) is 0 Å². The lowest BCUT2D eigenvalue weighted by atomic mass is 9.82. The van der Waals surface area contributed by atoms with Crippen LogP contribution in [0.25, 0.3) is 10.9 Å². The van der Waals surface area contributed by atoms with Gasteiger partial charge < -0.3 is 14.8 Å². The summed E-state index contributed by atoms with van der Waals surface area (Å²) in [5.74, 6) is 3.54. The average Bonchev–Trinajstić information content (AvgIpc) is 3.17. The molecule has 3 aromatic rings. The summed E-state index contributed by atoms with van der Waals surface area (Å²) in [6.45, 7) is 3.16. The number of fused-ring (bicyclic) bond motifs is 3. The molecule has 2 unspecified atom stereocenters. The Morgan fingerprint density at radius 1 is 1.16 bits per heavy atom. The molecule has 2 aliphatic rings. The number of H-pyrrole nitrogens is 1. The Kier molecular flexibility index (Phi) is 6.60. The van der Waals surface area contributed by atoms with Crippen molar-refractivity contribution in [1.82, 2.24) is 9.88 Å². The highest BCUT2D eigenvalue weighted by atomic mass is 79.9. The highest BCUT2D eigenvalue weighted by Crippen LogP contribution is 2.40. The molecular weight excluding hydrogens is 472 g/mol. The van der Waals surface area contributed by atoms with E-state index in [0.29, 0.717) is 19.1 Å². The first kappa shape index (κ1) is 21.4. The monoisotopic (exact) mass is 500 g/mol. The quantitative estimate of drug-likeness (QED) is 0.489. The van der Waals surface area contributed by atoms with Crippen molar-refractivity contribution in [3.63, 3.8) is 0 Å². The number of aliphatic hydroxyl groups is 1. The molecule has 2 atom stereocenters. The number of rotatable bonds is 6. The molecule has 1 aromatic heterocycles. The van der Waals surface area contributed by atoms with Gasteiger partial charge in [0.15, 0.2) is 0 Å². The third-order valence-electron chi connectivity index (χ3n) is 6.47. The van der Waals surface area contributed by atoms with Gasteiger partial charge in [0.2, 0.25) is 0 Å². The van der Waals surface area contributed by atoms with E-state index in [0.717, 1.165) is 47.7 Å². The predicted molar refractivity (Wildman–Crippen MR) is 132 cm³/mol. The number of nitrogens with one attached hydrogen (secondary N) is 1. The van der Waals surface area contributed by atoms with E-state index in [1.165, 1.54) is 34.1 Å². The van der Waals surface area contributed by atoms with Crippen molar-refractivity contribution in [2.45, 2.75) is 31.3 Å². The maximum absolute atomic E-state index is 10.3. The van der Waals surface area contributed by atoms with E-state index in [4.69, 9.17) is 4.74 Å². The van der Waals surface area contributed by atoms with Crippen LogP contribution >= 0.6 is 27.7 Å². The Hall–Kier alpha value is -1.47. The molecule has 0 bridgehead atoms. The lowest BCUT2D eigenvalue weighted by molar-refractivity contribution is 0.0715. The normalized spacial score (nSPS) is 20.5. The van der Waals surface area contributed by atoms with Gasteiger partial charge in [0.1, 0.15) is 18.5 Å². The van der Waals surface area contributed by atoms with E-state index in [9.17, 15) is 5.11 Å². The summed E-state index contributed by atoms with van der Waals surface area (Å²) < 4.78 is 7.02. The fourth-order valence-corrected chi connectivity index (χ4v) is 6.23. The van der Waals surface area contributed by atoms with E-state index in [1.807, 2.05) is 23.9 Å². The Bertz CT molecular complexity index is 1030. The summed E-state index contributed by atoms with van der Waals surface area (Å²) >= 11 is 5.60. The number of aromatic amines is 1. The van der Waals surface area contributed by atoms with Gasteiger partial charge in [0.05, 0.1) is 0 Å². The fourth-order valence-electron chi connectivity index (χ4n) is 4.89. The van der Waals surface area contributed by atoms with Crippen molar-refractivity contribution < 1.29 is 9.84 Å². The van der Waals surface area contributed by atoms with Crippen LogP contribution in [0.3, 0.4) is 0 Å². The molecule has 2 heterocycles. The zero-order chi connectivity index (χ0) is 21.2. The maximum atomic E-state index is 10.3. The van der Waals surface area contributed by atoms with E-state index in [1.54, 1.807) is 0 Å². The molecule has 4 nitrogen and oxygen atoms in total. The number of thioether (sulfide) groups is 1. The fraction of sp³-hybridized carbons (Fsp3) is 0.440. The minimum absolute atomic E-state index is 0.341. The maximum Gasteiger partial charge on any atom is 0.119 e. The largest absolute Gasteiger partial charge is 0.491 e. The van der Waals surface area contributed by atoms with Gasteiger partial charge in [-0.3, -0.25) is 4.90 Å². The van der Waals surface area contributed by atoms with E-state index in [-0.39, 0.29) is 0 Å². The molecule has 5 rings (SSSR count). The molecule has 0 saturated carbocycles. The molecule has 1 fully saturated rings. The highest BCUT2D eigenvalue weighted by Gasteiger charge is 2.25. The van der Waals surface area contributed by atoms with Gasteiger partial charge in [-0.25, -0.2) is 0 Å². The molecule has 31 heavy (non-hydrogen) atoms. The van der Waals surface area contributed by atoms with Crippen molar-refractivity contribution in [2.24, 2.45) is 0 Å². The zero-order valence-corrected chi connectivity index (χ0v) is 20.1. The van der Waals surface area contributed by atoms with Crippen molar-refractivity contribution in [3.05, 3.63) is 63.8 Å². The summed E-state index contributed by atoms with van der Waals surface area (Å²) in [7, 11) is 0. The summed E-state index contributed by atoms with van der Waals surface area (Å²) in [5, 5.41) is 11.7. The Morgan fingerprint density at radius 3 is 2.77 bits per heavy atom. The number of benzene rings is 2. The molecule has 1 aliphatic carbocycles. The molecular formula is C25H29BrN2O2S. The number of aromatic nitrogens is 1. The topological polar surface area (TPSA) is 48.5 Å². The summed E-state index contributed by atoms with van der Waals surface area (Å²) in [6.07, 6.45) is 3.05. The molecule has 1 saturated heterocycles. The smallest absolute Gasteiger partial charge is 0.119 e. The first-order valence-corrected chi connectivity index (χ1v) is 13.1. The third-order valence-corrected chi connectivity index (χ3v) is 7.90. The molecule has 0 amide bonds. The van der Waals surface area contributed by atoms with E-state index >= 15 is 0 Å². The Morgan fingerprint density at radius 2 is 1.97 bits per heavy atom. The third kappa shape index (κ3) is 4.82. The lowest BCUT2D eigenvalue weighted by Crippen LogP contribution is -2.40. The number of aliphatic hydroxyl groups excluding tert-OH is 1. The van der Waals surface area contributed by atoms with Gasteiger partial charge in [-0.2, -0.15) is 11.8 Å². The minimum atomic E-state index is -0.450. The van der Waals surface area contributed by atoms with Crippen LogP contribution in [-0.4, -0.2) is 58.8 Å². The summed E-state index contributed by atoms with van der Waals surface area (Å²) in [6, 6.07) is 15.0. The summed E-state index contributed by atoms with van der Waals surface area (Å²) in [5.41, 5.74) is 5.38. The number of hydrogen-bond acceptors (Lipinski definition) is 4. The van der Waals surface area contributed by atoms with Crippen LogP contribution in [0.4, 0.5) is 0 Å².